The number of hydrogen-bond acceptors (Lipinski definition) is 3. The number of nitrogens with zero attached hydrogens (tertiary/aromatic N) is 4. The third-order valence-corrected chi connectivity index (χ3v) is 7.82. The maximum absolute atomic E-state index is 13.3. The highest BCUT2D eigenvalue weighted by Crippen LogP contribution is 2.32. The van der Waals surface area contributed by atoms with Crippen LogP contribution < -0.4 is 0 Å². The van der Waals surface area contributed by atoms with E-state index in [4.69, 9.17) is 0 Å². The molecule has 0 fully saturated rings. The summed E-state index contributed by atoms with van der Waals surface area (Å²) in [5.74, 6) is 0.431. The molecule has 3 aromatic carbocycles. The molecule has 5 nitrogen and oxygen atoms in total. The van der Waals surface area contributed by atoms with E-state index in [0.717, 1.165) is 68.2 Å². The van der Waals surface area contributed by atoms with Crippen LogP contribution in [0.4, 0.5) is 0 Å². The highest BCUT2D eigenvalue weighted by Gasteiger charge is 2.23. The molecule has 0 saturated carbocycles. The Balaban J connectivity index is 1.39. The Labute approximate surface area is 206 Å². The fraction of sp³-hybridized carbons (Fsp3) is 0.367. The molecule has 178 valence electrons. The molecule has 9 rings (SSSR count). The zero-order valence-electron chi connectivity index (χ0n) is 20.4. The Kier molecular flexibility index (Phi) is 5.85. The van der Waals surface area contributed by atoms with Crippen molar-refractivity contribution in [3.8, 4) is 0 Å². The Morgan fingerprint density at radius 1 is 0.857 bits per heavy atom. The summed E-state index contributed by atoms with van der Waals surface area (Å²) in [6, 6.07) is 21.8. The van der Waals surface area contributed by atoms with Crippen molar-refractivity contribution in [3.63, 3.8) is 0 Å². The summed E-state index contributed by atoms with van der Waals surface area (Å²) < 4.78 is 2.05. The standard InChI is InChI=1S/C30H32N4O/c1-2-27-24-12-11-22-15-17-33(20-26(22)18-24)30(35)23-9-7-21(8-10-23)6-4-3-5-16-34-29-14-13-25(27)19-28(29)31-32-34/h7-14,18-19,27H,2-6,15-17,20H2,1H3. The molecule has 0 saturated heterocycles. The first-order chi connectivity index (χ1) is 17.2. The van der Waals surface area contributed by atoms with E-state index in [1.54, 1.807) is 0 Å². The van der Waals surface area contributed by atoms with Crippen LogP contribution in [-0.2, 0) is 25.9 Å². The molecular weight excluding hydrogens is 432 g/mol. The average molecular weight is 465 g/mol. The molecule has 5 aliphatic heterocycles. The van der Waals surface area contributed by atoms with Gasteiger partial charge in [-0.3, -0.25) is 4.79 Å². The molecule has 1 aromatic heterocycles. The topological polar surface area (TPSA) is 51.0 Å². The highest BCUT2D eigenvalue weighted by atomic mass is 16.2. The van der Waals surface area contributed by atoms with Gasteiger partial charge in [0.05, 0.1) is 5.52 Å². The summed E-state index contributed by atoms with van der Waals surface area (Å²) in [6.07, 6.45) is 6.31. The van der Waals surface area contributed by atoms with Crippen LogP contribution in [0.1, 0.15) is 76.7 Å². The molecule has 5 aliphatic rings. The summed E-state index contributed by atoms with van der Waals surface area (Å²) >= 11 is 0. The normalized spacial score (nSPS) is 18.5. The van der Waals surface area contributed by atoms with E-state index < -0.39 is 0 Å². The van der Waals surface area contributed by atoms with Crippen LogP contribution >= 0.6 is 0 Å². The lowest BCUT2D eigenvalue weighted by molar-refractivity contribution is 0.0734. The van der Waals surface area contributed by atoms with Crippen molar-refractivity contribution in [2.24, 2.45) is 0 Å². The minimum absolute atomic E-state index is 0.137. The molecule has 9 bridgehead atoms. The molecule has 0 aliphatic carbocycles. The summed E-state index contributed by atoms with van der Waals surface area (Å²) in [5, 5.41) is 8.96. The minimum atomic E-state index is 0.137. The van der Waals surface area contributed by atoms with Gasteiger partial charge in [-0.2, -0.15) is 0 Å². The summed E-state index contributed by atoms with van der Waals surface area (Å²) in [5.41, 5.74) is 9.40. The monoisotopic (exact) mass is 464 g/mol. The van der Waals surface area contributed by atoms with E-state index in [9.17, 15) is 4.79 Å². The fourth-order valence-electron chi connectivity index (χ4n) is 5.77. The number of rotatable bonds is 1. The molecule has 1 unspecified atom stereocenters. The number of benzene rings is 3. The van der Waals surface area contributed by atoms with Crippen LogP contribution in [0.5, 0.6) is 0 Å². The van der Waals surface area contributed by atoms with Crippen molar-refractivity contribution in [3.05, 3.63) is 94.0 Å². The molecule has 1 amide bonds. The zero-order valence-corrected chi connectivity index (χ0v) is 20.4. The van der Waals surface area contributed by atoms with Crippen LogP contribution in [0.15, 0.2) is 60.7 Å². The number of amides is 1. The van der Waals surface area contributed by atoms with E-state index in [1.165, 1.54) is 27.8 Å². The lowest BCUT2D eigenvalue weighted by Gasteiger charge is -2.30. The second-order valence-electron chi connectivity index (χ2n) is 10.0. The average Bonchev–Trinajstić information content (AvgIpc) is 3.30. The van der Waals surface area contributed by atoms with Crippen LogP contribution in [0.25, 0.3) is 11.0 Å². The molecule has 0 radical (unpaired) electrons. The van der Waals surface area contributed by atoms with Crippen LogP contribution in [0.2, 0.25) is 0 Å². The van der Waals surface area contributed by atoms with E-state index >= 15 is 0 Å². The predicted octanol–water partition coefficient (Wildman–Crippen LogP) is 5.90. The SMILES string of the molecule is CCC1c2ccc3c(c2)CN(CC3)C(=O)c2ccc(cc2)CCCCCn2nnc3cc1ccc32. The molecule has 0 spiro atoms. The maximum atomic E-state index is 13.3. The minimum Gasteiger partial charge on any atom is -0.334 e. The first kappa shape index (κ1) is 22.0. The quantitative estimate of drug-likeness (QED) is 0.352. The van der Waals surface area contributed by atoms with E-state index in [1.807, 2.05) is 17.0 Å². The van der Waals surface area contributed by atoms with Gasteiger partial charge in [0.25, 0.3) is 5.91 Å². The Morgan fingerprint density at radius 2 is 1.69 bits per heavy atom. The van der Waals surface area contributed by atoms with Crippen LogP contribution in [0.3, 0.4) is 0 Å². The fourth-order valence-corrected chi connectivity index (χ4v) is 5.77. The molecule has 6 heterocycles. The van der Waals surface area contributed by atoms with Crippen molar-refractivity contribution < 1.29 is 4.79 Å². The van der Waals surface area contributed by atoms with Crippen molar-refractivity contribution >= 4 is 16.9 Å². The van der Waals surface area contributed by atoms with Gasteiger partial charge in [0.15, 0.2) is 0 Å². The number of aryl methyl sites for hydroxylation is 2. The van der Waals surface area contributed by atoms with Gasteiger partial charge in [0, 0.05) is 31.1 Å². The number of carbonyl (C=O) groups is 1. The smallest absolute Gasteiger partial charge is 0.254 e. The van der Waals surface area contributed by atoms with Gasteiger partial charge in [-0.15, -0.1) is 5.10 Å². The van der Waals surface area contributed by atoms with Gasteiger partial charge in [-0.25, -0.2) is 4.68 Å². The lowest BCUT2D eigenvalue weighted by atomic mass is 9.86. The molecule has 35 heavy (non-hydrogen) atoms. The summed E-state index contributed by atoms with van der Waals surface area (Å²) in [7, 11) is 0. The first-order valence-corrected chi connectivity index (χ1v) is 13.0. The van der Waals surface area contributed by atoms with Gasteiger partial charge in [0.1, 0.15) is 5.52 Å². The lowest BCUT2D eigenvalue weighted by Crippen LogP contribution is -2.36. The number of aromatic nitrogens is 3. The molecular formula is C30H32N4O. The molecule has 5 heteroatoms. The van der Waals surface area contributed by atoms with Gasteiger partial charge >= 0.3 is 0 Å². The van der Waals surface area contributed by atoms with Gasteiger partial charge in [0.2, 0.25) is 0 Å². The predicted molar refractivity (Wildman–Crippen MR) is 139 cm³/mol. The van der Waals surface area contributed by atoms with E-state index in [0.29, 0.717) is 12.5 Å². The number of hydrogen-bond donors (Lipinski definition) is 0. The van der Waals surface area contributed by atoms with Gasteiger partial charge in [-0.1, -0.05) is 55.0 Å². The van der Waals surface area contributed by atoms with Crippen molar-refractivity contribution in [1.82, 2.24) is 19.9 Å². The zero-order chi connectivity index (χ0) is 23.8. The van der Waals surface area contributed by atoms with E-state index in [-0.39, 0.29) is 5.91 Å². The largest absolute Gasteiger partial charge is 0.334 e. The van der Waals surface area contributed by atoms with Crippen molar-refractivity contribution in [1.29, 1.82) is 0 Å². The highest BCUT2D eigenvalue weighted by molar-refractivity contribution is 5.94. The maximum Gasteiger partial charge on any atom is 0.254 e. The van der Waals surface area contributed by atoms with Crippen LogP contribution in [-0.4, -0.2) is 32.3 Å². The first-order valence-electron chi connectivity index (χ1n) is 13.0. The third-order valence-electron chi connectivity index (χ3n) is 7.82. The van der Waals surface area contributed by atoms with Gasteiger partial charge < -0.3 is 4.90 Å². The Morgan fingerprint density at radius 3 is 2.54 bits per heavy atom. The van der Waals surface area contributed by atoms with E-state index in [2.05, 4.69) is 70.4 Å². The number of carbonyl (C=O) groups excluding carboxylic acids is 1. The van der Waals surface area contributed by atoms with Crippen molar-refractivity contribution in [2.75, 3.05) is 6.54 Å². The van der Waals surface area contributed by atoms with Gasteiger partial charge in [-0.05, 0) is 84.2 Å². The summed E-state index contributed by atoms with van der Waals surface area (Å²) in [6.45, 7) is 4.58. The molecule has 4 aromatic rings. The Bertz CT molecular complexity index is 1370. The summed E-state index contributed by atoms with van der Waals surface area (Å²) in [4.78, 5) is 15.3. The second-order valence-corrected chi connectivity index (χ2v) is 10.0. The second kappa shape index (κ2) is 9.29. The molecule has 1 atom stereocenters. The third kappa shape index (κ3) is 4.24. The van der Waals surface area contributed by atoms with Crippen molar-refractivity contribution in [2.45, 2.75) is 64.5 Å². The Hall–Kier alpha value is -3.47. The van der Waals surface area contributed by atoms with Crippen LogP contribution in [0, 0.1) is 0 Å². The molecule has 0 N–H and O–H groups in total.